The van der Waals surface area contributed by atoms with Gasteiger partial charge in [0.15, 0.2) is 9.84 Å². The van der Waals surface area contributed by atoms with E-state index in [2.05, 4.69) is 10.6 Å². The van der Waals surface area contributed by atoms with Gasteiger partial charge in [-0.15, -0.1) is 0 Å². The van der Waals surface area contributed by atoms with Crippen molar-refractivity contribution in [3.05, 3.63) is 0 Å². The van der Waals surface area contributed by atoms with Gasteiger partial charge in [0.05, 0.1) is 37.9 Å². The molecule has 7 nitrogen and oxygen atoms in total. The van der Waals surface area contributed by atoms with Gasteiger partial charge in [0.2, 0.25) is 0 Å². The van der Waals surface area contributed by atoms with E-state index in [0.717, 1.165) is 13.0 Å². The molecule has 3 aliphatic rings. The van der Waals surface area contributed by atoms with Gasteiger partial charge in [-0.3, -0.25) is 4.21 Å². The molecule has 0 bridgehead atoms. The van der Waals surface area contributed by atoms with Crippen LogP contribution >= 0.6 is 0 Å². The van der Waals surface area contributed by atoms with Crippen molar-refractivity contribution in [2.75, 3.05) is 62.5 Å². The highest BCUT2D eigenvalue weighted by Crippen LogP contribution is 2.20. The third-order valence-electron chi connectivity index (χ3n) is 5.04. The second-order valence-electron chi connectivity index (χ2n) is 6.99. The lowest BCUT2D eigenvalue weighted by Crippen LogP contribution is -2.47. The van der Waals surface area contributed by atoms with Gasteiger partial charge in [0, 0.05) is 52.8 Å². The van der Waals surface area contributed by atoms with Crippen LogP contribution < -0.4 is 10.6 Å². The zero-order valence-electron chi connectivity index (χ0n) is 13.9. The number of rotatable bonds is 2. The Balaban J connectivity index is 1.68. The molecular weight excluding hydrogens is 352 g/mol. The van der Waals surface area contributed by atoms with Crippen molar-refractivity contribution < 1.29 is 22.1 Å². The van der Waals surface area contributed by atoms with E-state index >= 15 is 0 Å². The Hall–Kier alpha value is -0.0600. The number of nitrogens with one attached hydrogen (secondary N) is 2. The van der Waals surface area contributed by atoms with Crippen LogP contribution in [0.5, 0.6) is 0 Å². The normalized spacial score (nSPS) is 39.5. The fraction of sp³-hybridized carbons (Fsp3) is 1.00. The van der Waals surface area contributed by atoms with Gasteiger partial charge in [0.25, 0.3) is 0 Å². The molecule has 3 saturated heterocycles. The Morgan fingerprint density at radius 3 is 2.46 bits per heavy atom. The first-order valence-electron chi connectivity index (χ1n) is 8.71. The molecule has 24 heavy (non-hydrogen) atoms. The van der Waals surface area contributed by atoms with E-state index in [1.54, 1.807) is 0 Å². The molecule has 2 N–H and O–H groups in total. The molecule has 140 valence electrons. The monoisotopic (exact) mass is 380 g/mol. The van der Waals surface area contributed by atoms with E-state index in [4.69, 9.17) is 9.47 Å². The van der Waals surface area contributed by atoms with Crippen LogP contribution in [-0.4, -0.2) is 87.2 Å². The average Bonchev–Trinajstić information content (AvgIpc) is 2.97. The molecule has 0 radical (unpaired) electrons. The van der Waals surface area contributed by atoms with Crippen LogP contribution in [0.2, 0.25) is 0 Å². The molecule has 9 heteroatoms. The van der Waals surface area contributed by atoms with Crippen molar-refractivity contribution >= 4 is 20.6 Å². The Morgan fingerprint density at radius 2 is 1.71 bits per heavy atom. The largest absolute Gasteiger partial charge is 0.379 e. The van der Waals surface area contributed by atoms with E-state index in [9.17, 15) is 12.6 Å². The van der Waals surface area contributed by atoms with E-state index in [-0.39, 0.29) is 35.4 Å². The van der Waals surface area contributed by atoms with Crippen molar-refractivity contribution in [3.8, 4) is 0 Å². The molecule has 0 spiro atoms. The first-order valence-corrected chi connectivity index (χ1v) is 12.0. The fourth-order valence-corrected chi connectivity index (χ4v) is 7.18. The minimum atomic E-state index is -3.17. The molecule has 0 aromatic heterocycles. The molecule has 3 fully saturated rings. The summed E-state index contributed by atoms with van der Waals surface area (Å²) in [5.74, 6) is 1.53. The maximum Gasteiger partial charge on any atom is 0.152 e. The van der Waals surface area contributed by atoms with Gasteiger partial charge in [-0.2, -0.15) is 0 Å². The molecule has 0 aromatic carbocycles. The van der Waals surface area contributed by atoms with Crippen LogP contribution in [0.1, 0.15) is 6.42 Å². The third-order valence-corrected chi connectivity index (χ3v) is 8.32. The average molecular weight is 381 g/mol. The van der Waals surface area contributed by atoms with Crippen molar-refractivity contribution in [1.82, 2.24) is 10.6 Å². The molecule has 3 aliphatic heterocycles. The maximum atomic E-state index is 12.6. The second kappa shape index (κ2) is 8.55. The predicted molar refractivity (Wildman–Crippen MR) is 93.3 cm³/mol. The Bertz CT molecular complexity index is 534. The lowest BCUT2D eigenvalue weighted by Gasteiger charge is -2.27. The zero-order valence-corrected chi connectivity index (χ0v) is 15.6. The van der Waals surface area contributed by atoms with Crippen LogP contribution in [0.25, 0.3) is 0 Å². The fourth-order valence-electron chi connectivity index (χ4n) is 3.68. The molecule has 3 rings (SSSR count). The summed E-state index contributed by atoms with van der Waals surface area (Å²) in [4.78, 5) is 0. The van der Waals surface area contributed by atoms with Crippen LogP contribution in [0.15, 0.2) is 0 Å². The summed E-state index contributed by atoms with van der Waals surface area (Å²) in [6.07, 6.45) is 0.884. The Labute approximate surface area is 146 Å². The highest BCUT2D eigenvalue weighted by Gasteiger charge is 2.37. The summed E-state index contributed by atoms with van der Waals surface area (Å²) >= 11 is 0. The number of sulfone groups is 1. The van der Waals surface area contributed by atoms with E-state index < -0.39 is 20.6 Å². The smallest absolute Gasteiger partial charge is 0.152 e. The molecule has 3 heterocycles. The summed E-state index contributed by atoms with van der Waals surface area (Å²) in [5, 5.41) is 6.84. The standard InChI is InChI=1S/C15H28N2O5S2/c18-23-5-1-2-16-14(9-23)12-6-17-15(11-24(19,20)10-12)13-7-21-3-4-22-8-13/h12-17H,1-11H2. The molecule has 0 aromatic rings. The van der Waals surface area contributed by atoms with Gasteiger partial charge < -0.3 is 20.1 Å². The van der Waals surface area contributed by atoms with Crippen molar-refractivity contribution in [2.45, 2.75) is 18.5 Å². The Morgan fingerprint density at radius 1 is 0.958 bits per heavy atom. The van der Waals surface area contributed by atoms with Crippen LogP contribution in [-0.2, 0) is 30.1 Å². The summed E-state index contributed by atoms with van der Waals surface area (Å²) in [7, 11) is -4.03. The number of ether oxygens (including phenoxy) is 2. The van der Waals surface area contributed by atoms with E-state index in [1.807, 2.05) is 0 Å². The quantitative estimate of drug-likeness (QED) is 0.619. The first kappa shape index (κ1) is 18.7. The van der Waals surface area contributed by atoms with Crippen LogP contribution in [0.3, 0.4) is 0 Å². The van der Waals surface area contributed by atoms with Gasteiger partial charge >= 0.3 is 0 Å². The number of hydrogen-bond donors (Lipinski definition) is 2. The van der Waals surface area contributed by atoms with E-state index in [1.165, 1.54) is 0 Å². The Kier molecular flexibility index (Phi) is 6.67. The topological polar surface area (TPSA) is 93.7 Å². The molecule has 0 amide bonds. The minimum Gasteiger partial charge on any atom is -0.379 e. The lowest BCUT2D eigenvalue weighted by molar-refractivity contribution is 0.103. The molecule has 4 unspecified atom stereocenters. The van der Waals surface area contributed by atoms with Crippen molar-refractivity contribution in [2.24, 2.45) is 11.8 Å². The van der Waals surface area contributed by atoms with Gasteiger partial charge in [-0.1, -0.05) is 0 Å². The zero-order chi connectivity index (χ0) is 17.0. The summed E-state index contributed by atoms with van der Waals surface area (Å²) in [6, 6.07) is -0.148. The highest BCUT2D eigenvalue weighted by molar-refractivity contribution is 7.91. The predicted octanol–water partition coefficient (Wildman–Crippen LogP) is -1.24. The van der Waals surface area contributed by atoms with Crippen molar-refractivity contribution in [1.29, 1.82) is 0 Å². The highest BCUT2D eigenvalue weighted by atomic mass is 32.2. The first-order chi connectivity index (χ1) is 11.5. The summed E-state index contributed by atoms with van der Waals surface area (Å²) in [5.41, 5.74) is 0. The van der Waals surface area contributed by atoms with Gasteiger partial charge in [-0.25, -0.2) is 8.42 Å². The SMILES string of the molecule is O=S1CCCNC(C2CNC(C3COCCOC3)CS(=O)(=O)C2)C1. The van der Waals surface area contributed by atoms with Crippen LogP contribution in [0.4, 0.5) is 0 Å². The van der Waals surface area contributed by atoms with Crippen LogP contribution in [0, 0.1) is 11.8 Å². The maximum absolute atomic E-state index is 12.6. The van der Waals surface area contributed by atoms with Gasteiger partial charge in [-0.05, 0) is 13.0 Å². The van der Waals surface area contributed by atoms with E-state index in [0.29, 0.717) is 44.5 Å². The number of hydrogen-bond acceptors (Lipinski definition) is 7. The second-order valence-corrected chi connectivity index (χ2v) is 10.8. The van der Waals surface area contributed by atoms with Crippen molar-refractivity contribution in [3.63, 3.8) is 0 Å². The summed E-state index contributed by atoms with van der Waals surface area (Å²) in [6.45, 7) is 3.62. The molecular formula is C15H28N2O5S2. The molecule has 0 aliphatic carbocycles. The lowest BCUT2D eigenvalue weighted by atomic mass is 10.00. The third kappa shape index (κ3) is 5.22. The van der Waals surface area contributed by atoms with Gasteiger partial charge in [0.1, 0.15) is 0 Å². The molecule has 4 atom stereocenters. The summed E-state index contributed by atoms with van der Waals surface area (Å²) < 4.78 is 48.3. The minimum absolute atomic E-state index is 0.00371. The molecule has 0 saturated carbocycles.